The van der Waals surface area contributed by atoms with Crippen LogP contribution in [0.25, 0.3) is 11.5 Å². The minimum Gasteiger partial charge on any atom is -0.445 e. The lowest BCUT2D eigenvalue weighted by molar-refractivity contribution is -0.140. The van der Waals surface area contributed by atoms with Gasteiger partial charge >= 0.3 is 6.03 Å². The van der Waals surface area contributed by atoms with E-state index in [1.54, 1.807) is 12.5 Å². The number of anilines is 1. The Bertz CT molecular complexity index is 738. The molecule has 2 aromatic rings. The van der Waals surface area contributed by atoms with Crippen LogP contribution in [0.2, 0.25) is 0 Å². The van der Waals surface area contributed by atoms with Crippen molar-refractivity contribution in [2.75, 3.05) is 25.0 Å². The standard InChI is InChI=1S/C18H21N3O3/c1-13-3-4-14(16-19-7-9-23-16)11-15(13)20-17(22)21-8-10-24-18(12-21)5-2-6-18/h3-4,7,9,11H,2,5-6,8,10,12H2,1H3,(H,20,22). The van der Waals surface area contributed by atoms with Gasteiger partial charge in [-0.2, -0.15) is 0 Å². The van der Waals surface area contributed by atoms with Crippen LogP contribution in [0.15, 0.2) is 35.1 Å². The Morgan fingerprint density at radius 2 is 2.25 bits per heavy atom. The van der Waals surface area contributed by atoms with E-state index in [2.05, 4.69) is 10.3 Å². The average Bonchev–Trinajstić information content (AvgIpc) is 3.10. The molecule has 6 nitrogen and oxygen atoms in total. The molecule has 24 heavy (non-hydrogen) atoms. The van der Waals surface area contributed by atoms with Crippen LogP contribution in [0.5, 0.6) is 0 Å². The molecule has 2 fully saturated rings. The Labute approximate surface area is 140 Å². The van der Waals surface area contributed by atoms with E-state index in [0.717, 1.165) is 29.7 Å². The molecule has 6 heteroatoms. The molecule has 0 unspecified atom stereocenters. The summed E-state index contributed by atoms with van der Waals surface area (Å²) in [6.45, 7) is 3.90. The van der Waals surface area contributed by atoms with Crippen molar-refractivity contribution in [2.45, 2.75) is 31.8 Å². The summed E-state index contributed by atoms with van der Waals surface area (Å²) in [6, 6.07) is 5.73. The van der Waals surface area contributed by atoms with E-state index in [0.29, 0.717) is 25.6 Å². The summed E-state index contributed by atoms with van der Waals surface area (Å²) < 4.78 is 11.2. The topological polar surface area (TPSA) is 67.6 Å². The van der Waals surface area contributed by atoms with Gasteiger partial charge in [0.05, 0.1) is 24.9 Å². The van der Waals surface area contributed by atoms with E-state index in [1.807, 2.05) is 30.0 Å². The van der Waals surface area contributed by atoms with Crippen molar-refractivity contribution in [3.8, 4) is 11.5 Å². The third-order valence-corrected chi connectivity index (χ3v) is 4.96. The smallest absolute Gasteiger partial charge is 0.322 e. The number of rotatable bonds is 2. The normalized spacial score (nSPS) is 19.1. The second-order valence-electron chi connectivity index (χ2n) is 6.60. The van der Waals surface area contributed by atoms with Crippen molar-refractivity contribution in [3.05, 3.63) is 36.2 Å². The highest BCUT2D eigenvalue weighted by Crippen LogP contribution is 2.38. The Hall–Kier alpha value is -2.34. The maximum atomic E-state index is 12.7. The summed E-state index contributed by atoms with van der Waals surface area (Å²) in [4.78, 5) is 18.7. The van der Waals surface area contributed by atoms with E-state index < -0.39 is 0 Å². The number of carbonyl (C=O) groups excluding carboxylic acids is 1. The van der Waals surface area contributed by atoms with Crippen LogP contribution in [0.1, 0.15) is 24.8 Å². The molecular formula is C18H21N3O3. The molecule has 0 atom stereocenters. The monoisotopic (exact) mass is 327 g/mol. The molecule has 0 bridgehead atoms. The first kappa shape index (κ1) is 15.2. The number of carbonyl (C=O) groups is 1. The fourth-order valence-corrected chi connectivity index (χ4v) is 3.34. The number of aromatic nitrogens is 1. The van der Waals surface area contributed by atoms with E-state index in [4.69, 9.17) is 9.15 Å². The van der Waals surface area contributed by atoms with Crippen molar-refractivity contribution < 1.29 is 13.9 Å². The maximum Gasteiger partial charge on any atom is 0.322 e. The van der Waals surface area contributed by atoms with Crippen LogP contribution in [0.3, 0.4) is 0 Å². The molecule has 2 amide bonds. The van der Waals surface area contributed by atoms with Crippen LogP contribution in [-0.2, 0) is 4.74 Å². The molecule has 2 heterocycles. The van der Waals surface area contributed by atoms with Crippen molar-refractivity contribution >= 4 is 11.7 Å². The largest absolute Gasteiger partial charge is 0.445 e. The summed E-state index contributed by atoms with van der Waals surface area (Å²) in [6.07, 6.45) is 6.44. The Balaban J connectivity index is 1.50. The van der Waals surface area contributed by atoms with Gasteiger partial charge < -0.3 is 19.4 Å². The molecule has 1 aromatic carbocycles. The average molecular weight is 327 g/mol. The molecule has 4 rings (SSSR count). The number of nitrogens with zero attached hydrogens (tertiary/aromatic N) is 2. The van der Waals surface area contributed by atoms with E-state index in [-0.39, 0.29) is 11.6 Å². The van der Waals surface area contributed by atoms with Gasteiger partial charge in [0.1, 0.15) is 6.26 Å². The Morgan fingerprint density at radius 1 is 1.38 bits per heavy atom. The van der Waals surface area contributed by atoms with Gasteiger partial charge in [0.15, 0.2) is 0 Å². The first-order valence-corrected chi connectivity index (χ1v) is 8.36. The first-order chi connectivity index (χ1) is 11.7. The number of oxazole rings is 1. The summed E-state index contributed by atoms with van der Waals surface area (Å²) in [5, 5.41) is 3.03. The minimum absolute atomic E-state index is 0.0720. The number of benzene rings is 1. The first-order valence-electron chi connectivity index (χ1n) is 8.36. The van der Waals surface area contributed by atoms with Crippen molar-refractivity contribution in [1.29, 1.82) is 0 Å². The molecule has 0 radical (unpaired) electrons. The number of hydrogen-bond donors (Lipinski definition) is 1. The van der Waals surface area contributed by atoms with Crippen molar-refractivity contribution in [2.24, 2.45) is 0 Å². The molecule has 1 spiro atoms. The maximum absolute atomic E-state index is 12.7. The zero-order chi connectivity index (χ0) is 16.6. The number of amides is 2. The third kappa shape index (κ3) is 2.78. The summed E-state index contributed by atoms with van der Waals surface area (Å²) >= 11 is 0. The summed E-state index contributed by atoms with van der Waals surface area (Å²) in [5.41, 5.74) is 2.54. The van der Waals surface area contributed by atoms with Gasteiger partial charge in [-0.1, -0.05) is 6.07 Å². The van der Waals surface area contributed by atoms with Crippen LogP contribution in [-0.4, -0.2) is 41.2 Å². The van der Waals surface area contributed by atoms with Crippen molar-refractivity contribution in [1.82, 2.24) is 9.88 Å². The molecule has 1 aliphatic carbocycles. The fourth-order valence-electron chi connectivity index (χ4n) is 3.34. The van der Waals surface area contributed by atoms with Gasteiger partial charge in [0, 0.05) is 17.8 Å². The van der Waals surface area contributed by atoms with E-state index in [9.17, 15) is 4.79 Å². The van der Waals surface area contributed by atoms with Crippen LogP contribution in [0, 0.1) is 6.92 Å². The minimum atomic E-state index is -0.0927. The molecule has 1 aromatic heterocycles. The van der Waals surface area contributed by atoms with Crippen LogP contribution >= 0.6 is 0 Å². The summed E-state index contributed by atoms with van der Waals surface area (Å²) in [7, 11) is 0. The van der Waals surface area contributed by atoms with E-state index in [1.165, 1.54) is 6.42 Å². The molecule has 1 saturated carbocycles. The van der Waals surface area contributed by atoms with Crippen LogP contribution < -0.4 is 5.32 Å². The fraction of sp³-hybridized carbons (Fsp3) is 0.444. The zero-order valence-corrected chi connectivity index (χ0v) is 13.7. The number of ether oxygens (including phenoxy) is 1. The lowest BCUT2D eigenvalue weighted by atomic mass is 9.79. The highest BCUT2D eigenvalue weighted by molar-refractivity contribution is 5.91. The number of aryl methyl sites for hydroxylation is 1. The van der Waals surface area contributed by atoms with Gasteiger partial charge in [-0.15, -0.1) is 0 Å². The number of morpholine rings is 1. The van der Waals surface area contributed by atoms with Gasteiger partial charge in [0.2, 0.25) is 5.89 Å². The van der Waals surface area contributed by atoms with Crippen LogP contribution in [0.4, 0.5) is 10.5 Å². The summed E-state index contributed by atoms with van der Waals surface area (Å²) in [5.74, 6) is 0.547. The van der Waals surface area contributed by atoms with Gasteiger partial charge in [0.25, 0.3) is 0 Å². The van der Waals surface area contributed by atoms with Gasteiger partial charge in [-0.3, -0.25) is 0 Å². The zero-order valence-electron chi connectivity index (χ0n) is 13.7. The predicted molar refractivity (Wildman–Crippen MR) is 89.8 cm³/mol. The Morgan fingerprint density at radius 3 is 2.96 bits per heavy atom. The predicted octanol–water partition coefficient (Wildman–Crippen LogP) is 3.44. The SMILES string of the molecule is Cc1ccc(-c2ncco2)cc1NC(=O)N1CCOC2(CCC2)C1. The van der Waals surface area contributed by atoms with Gasteiger partial charge in [-0.25, -0.2) is 9.78 Å². The molecule has 1 N–H and O–H groups in total. The number of nitrogens with one attached hydrogen (secondary N) is 1. The number of urea groups is 1. The molecule has 1 aliphatic heterocycles. The Kier molecular flexibility index (Phi) is 3.76. The third-order valence-electron chi connectivity index (χ3n) is 4.96. The molecule has 2 aliphatic rings. The second-order valence-corrected chi connectivity index (χ2v) is 6.60. The molecule has 126 valence electrons. The quantitative estimate of drug-likeness (QED) is 0.917. The van der Waals surface area contributed by atoms with Gasteiger partial charge in [-0.05, 0) is 43.9 Å². The lowest BCUT2D eigenvalue weighted by Gasteiger charge is -2.48. The molecular weight excluding hydrogens is 306 g/mol. The highest BCUT2D eigenvalue weighted by Gasteiger charge is 2.43. The highest BCUT2D eigenvalue weighted by atomic mass is 16.5. The van der Waals surface area contributed by atoms with Crippen molar-refractivity contribution in [3.63, 3.8) is 0 Å². The second kappa shape index (κ2) is 5.94. The number of hydrogen-bond acceptors (Lipinski definition) is 4. The lowest BCUT2D eigenvalue weighted by Crippen LogP contribution is -2.57. The van der Waals surface area contributed by atoms with E-state index >= 15 is 0 Å². The molecule has 1 saturated heterocycles.